The van der Waals surface area contributed by atoms with E-state index in [9.17, 15) is 18.3 Å². The largest absolute Gasteiger partial charge is 0.481 e. The zero-order chi connectivity index (χ0) is 14.4. The molecule has 2 aliphatic rings. The molecule has 2 fully saturated rings. The SMILES string of the molecule is O=C(O)C1(c2ccccc2C2CCS(=O)(=O)C2)CCC1. The van der Waals surface area contributed by atoms with E-state index in [1.54, 1.807) is 0 Å². The van der Waals surface area contributed by atoms with E-state index in [0.29, 0.717) is 19.3 Å². The number of hydrogen-bond acceptors (Lipinski definition) is 3. The van der Waals surface area contributed by atoms with Crippen molar-refractivity contribution in [2.75, 3.05) is 11.5 Å². The van der Waals surface area contributed by atoms with Gasteiger partial charge < -0.3 is 5.11 Å². The number of aliphatic carboxylic acids is 1. The summed E-state index contributed by atoms with van der Waals surface area (Å²) in [5, 5.41) is 9.59. The number of rotatable bonds is 3. The van der Waals surface area contributed by atoms with Crippen LogP contribution in [0.15, 0.2) is 24.3 Å². The van der Waals surface area contributed by atoms with Crippen molar-refractivity contribution in [3.8, 4) is 0 Å². The predicted molar refractivity (Wildman–Crippen MR) is 75.6 cm³/mol. The number of sulfone groups is 1. The van der Waals surface area contributed by atoms with Crippen molar-refractivity contribution in [1.82, 2.24) is 0 Å². The molecule has 1 N–H and O–H groups in total. The van der Waals surface area contributed by atoms with Crippen molar-refractivity contribution < 1.29 is 18.3 Å². The summed E-state index contributed by atoms with van der Waals surface area (Å²) in [5.74, 6) is -0.462. The van der Waals surface area contributed by atoms with Crippen LogP contribution in [0.2, 0.25) is 0 Å². The van der Waals surface area contributed by atoms with Gasteiger partial charge in [0, 0.05) is 0 Å². The highest BCUT2D eigenvalue weighted by atomic mass is 32.2. The maximum Gasteiger partial charge on any atom is 0.314 e. The molecule has 5 heteroatoms. The van der Waals surface area contributed by atoms with Crippen LogP contribution >= 0.6 is 0 Å². The number of carbonyl (C=O) groups is 1. The van der Waals surface area contributed by atoms with Gasteiger partial charge in [0.2, 0.25) is 0 Å². The molecule has 0 radical (unpaired) electrons. The Morgan fingerprint density at radius 3 is 2.45 bits per heavy atom. The smallest absolute Gasteiger partial charge is 0.314 e. The maximum atomic E-state index is 11.7. The minimum Gasteiger partial charge on any atom is -0.481 e. The molecule has 4 nitrogen and oxygen atoms in total. The van der Waals surface area contributed by atoms with Crippen LogP contribution in [0.1, 0.15) is 42.7 Å². The molecule has 1 heterocycles. The zero-order valence-electron chi connectivity index (χ0n) is 11.2. The third kappa shape index (κ3) is 2.04. The van der Waals surface area contributed by atoms with Crippen LogP contribution in [0.5, 0.6) is 0 Å². The molecule has 0 bridgehead atoms. The third-order valence-electron chi connectivity index (χ3n) is 4.77. The normalized spacial score (nSPS) is 26.9. The van der Waals surface area contributed by atoms with Crippen molar-refractivity contribution in [2.45, 2.75) is 37.0 Å². The standard InChI is InChI=1S/C15H18O4S/c16-14(17)15(7-3-8-15)13-5-2-1-4-12(13)11-6-9-20(18,19)10-11/h1-2,4-5,11H,3,6-10H2,(H,16,17). The van der Waals surface area contributed by atoms with Crippen LogP contribution in [0, 0.1) is 0 Å². The summed E-state index contributed by atoms with van der Waals surface area (Å²) in [4.78, 5) is 11.7. The van der Waals surface area contributed by atoms with Crippen molar-refractivity contribution in [1.29, 1.82) is 0 Å². The molecule has 0 spiro atoms. The Kier molecular flexibility index (Phi) is 3.12. The van der Waals surface area contributed by atoms with Crippen molar-refractivity contribution >= 4 is 15.8 Å². The Bertz CT molecular complexity index is 644. The van der Waals surface area contributed by atoms with E-state index in [1.807, 2.05) is 24.3 Å². The molecule has 0 aromatic heterocycles. The van der Waals surface area contributed by atoms with Crippen LogP contribution in [-0.4, -0.2) is 31.0 Å². The van der Waals surface area contributed by atoms with Gasteiger partial charge in [0.25, 0.3) is 0 Å². The van der Waals surface area contributed by atoms with Crippen LogP contribution in [0.25, 0.3) is 0 Å². The highest BCUT2D eigenvalue weighted by Gasteiger charge is 2.48. The fraction of sp³-hybridized carbons (Fsp3) is 0.533. The van der Waals surface area contributed by atoms with Gasteiger partial charge in [0.1, 0.15) is 0 Å². The van der Waals surface area contributed by atoms with E-state index in [4.69, 9.17) is 0 Å². The maximum absolute atomic E-state index is 11.7. The molecular weight excluding hydrogens is 276 g/mol. The molecule has 20 heavy (non-hydrogen) atoms. The molecule has 1 saturated carbocycles. The van der Waals surface area contributed by atoms with Crippen LogP contribution in [0.4, 0.5) is 0 Å². The quantitative estimate of drug-likeness (QED) is 0.926. The topological polar surface area (TPSA) is 71.4 Å². The molecule has 108 valence electrons. The molecule has 3 rings (SSSR count). The van der Waals surface area contributed by atoms with E-state index >= 15 is 0 Å². The Balaban J connectivity index is 2.03. The first-order chi connectivity index (χ1) is 9.45. The second-order valence-electron chi connectivity index (χ2n) is 5.93. The lowest BCUT2D eigenvalue weighted by Gasteiger charge is -2.40. The van der Waals surface area contributed by atoms with Gasteiger partial charge in [0.05, 0.1) is 16.9 Å². The van der Waals surface area contributed by atoms with E-state index in [-0.39, 0.29) is 17.4 Å². The minimum absolute atomic E-state index is 0.0481. The van der Waals surface area contributed by atoms with Gasteiger partial charge >= 0.3 is 5.97 Å². The van der Waals surface area contributed by atoms with Crippen LogP contribution in [-0.2, 0) is 20.0 Å². The third-order valence-corrected chi connectivity index (χ3v) is 6.53. The van der Waals surface area contributed by atoms with Crippen molar-refractivity contribution in [3.63, 3.8) is 0 Å². The first-order valence-corrected chi connectivity index (χ1v) is 8.80. The van der Waals surface area contributed by atoms with E-state index in [2.05, 4.69) is 0 Å². The van der Waals surface area contributed by atoms with Crippen molar-refractivity contribution in [2.24, 2.45) is 0 Å². The Hall–Kier alpha value is -1.36. The van der Waals surface area contributed by atoms with Gasteiger partial charge in [-0.1, -0.05) is 30.7 Å². The highest BCUT2D eigenvalue weighted by Crippen LogP contribution is 2.47. The highest BCUT2D eigenvalue weighted by molar-refractivity contribution is 7.91. The number of carboxylic acid groups (broad SMARTS) is 1. The molecule has 0 amide bonds. The first-order valence-electron chi connectivity index (χ1n) is 6.98. The summed E-state index contributed by atoms with van der Waals surface area (Å²) in [6.07, 6.45) is 2.83. The summed E-state index contributed by atoms with van der Waals surface area (Å²) in [6.45, 7) is 0. The molecule has 1 aliphatic heterocycles. The van der Waals surface area contributed by atoms with Crippen LogP contribution < -0.4 is 0 Å². The molecule has 1 atom stereocenters. The predicted octanol–water partition coefficient (Wildman–Crippen LogP) is 2.10. The molecule has 1 aromatic carbocycles. The molecule has 1 saturated heterocycles. The van der Waals surface area contributed by atoms with Gasteiger partial charge in [-0.25, -0.2) is 8.42 Å². The Morgan fingerprint density at radius 2 is 1.95 bits per heavy atom. The van der Waals surface area contributed by atoms with E-state index in [0.717, 1.165) is 17.5 Å². The van der Waals surface area contributed by atoms with Crippen molar-refractivity contribution in [3.05, 3.63) is 35.4 Å². The van der Waals surface area contributed by atoms with Crippen LogP contribution in [0.3, 0.4) is 0 Å². The summed E-state index contributed by atoms with van der Waals surface area (Å²) in [5.41, 5.74) is 0.972. The Labute approximate surface area is 118 Å². The van der Waals surface area contributed by atoms with Gasteiger partial charge in [-0.3, -0.25) is 4.79 Å². The fourth-order valence-corrected chi connectivity index (χ4v) is 5.23. The first kappa shape index (κ1) is 13.6. The monoisotopic (exact) mass is 294 g/mol. The summed E-state index contributed by atoms with van der Waals surface area (Å²) >= 11 is 0. The number of carboxylic acids is 1. The molecular formula is C15H18O4S. The number of hydrogen-bond donors (Lipinski definition) is 1. The van der Waals surface area contributed by atoms with E-state index in [1.165, 1.54) is 0 Å². The lowest BCUT2D eigenvalue weighted by molar-refractivity contribution is -0.147. The molecule has 1 aromatic rings. The second-order valence-corrected chi connectivity index (χ2v) is 8.16. The number of benzene rings is 1. The Morgan fingerprint density at radius 1 is 1.25 bits per heavy atom. The van der Waals surface area contributed by atoms with Gasteiger partial charge in [-0.05, 0) is 36.3 Å². The lowest BCUT2D eigenvalue weighted by Crippen LogP contribution is -2.43. The fourth-order valence-electron chi connectivity index (χ4n) is 3.46. The summed E-state index contributed by atoms with van der Waals surface area (Å²) < 4.78 is 23.4. The van der Waals surface area contributed by atoms with Gasteiger partial charge in [-0.2, -0.15) is 0 Å². The summed E-state index contributed by atoms with van der Waals surface area (Å²) in [6, 6.07) is 7.50. The average Bonchev–Trinajstić information content (AvgIpc) is 2.68. The second kappa shape index (κ2) is 4.58. The minimum atomic E-state index is -2.96. The van der Waals surface area contributed by atoms with E-state index < -0.39 is 21.2 Å². The molecule has 1 aliphatic carbocycles. The molecule has 1 unspecified atom stereocenters. The summed E-state index contributed by atoms with van der Waals surface area (Å²) in [7, 11) is -2.96. The zero-order valence-corrected chi connectivity index (χ0v) is 12.0. The van der Waals surface area contributed by atoms with Gasteiger partial charge in [-0.15, -0.1) is 0 Å². The average molecular weight is 294 g/mol. The lowest BCUT2D eigenvalue weighted by atomic mass is 9.62. The van der Waals surface area contributed by atoms with Gasteiger partial charge in [0.15, 0.2) is 9.84 Å².